The summed E-state index contributed by atoms with van der Waals surface area (Å²) in [7, 11) is 2.14. The van der Waals surface area contributed by atoms with E-state index in [9.17, 15) is 9.59 Å². The maximum absolute atomic E-state index is 12.9. The number of piperazine rings is 1. The van der Waals surface area contributed by atoms with Gasteiger partial charge in [0.1, 0.15) is 15.8 Å². The van der Waals surface area contributed by atoms with Crippen molar-refractivity contribution in [2.45, 2.75) is 13.0 Å². The van der Waals surface area contributed by atoms with Crippen LogP contribution in [0.3, 0.4) is 0 Å². The number of thiocarbonyl (C=S) groups is 1. The molecule has 0 N–H and O–H groups in total. The lowest BCUT2D eigenvalue weighted by Crippen LogP contribution is -2.44. The van der Waals surface area contributed by atoms with E-state index in [1.54, 1.807) is 23.1 Å². The van der Waals surface area contributed by atoms with Crippen LogP contribution in [-0.2, 0) is 16.1 Å². The molecule has 39 heavy (non-hydrogen) atoms. The van der Waals surface area contributed by atoms with Gasteiger partial charge in [-0.3, -0.25) is 9.69 Å². The average Bonchev–Trinajstić information content (AvgIpc) is 3.53. The zero-order valence-corrected chi connectivity index (χ0v) is 23.5. The molecule has 1 aromatic heterocycles. The van der Waals surface area contributed by atoms with Gasteiger partial charge >= 0.3 is 5.97 Å². The second-order valence-corrected chi connectivity index (χ2v) is 11.3. The van der Waals surface area contributed by atoms with E-state index in [4.69, 9.17) is 21.4 Å². The van der Waals surface area contributed by atoms with Crippen LogP contribution in [0.5, 0.6) is 0 Å². The number of rotatable bonds is 9. The molecule has 0 atom stereocenters. The zero-order chi connectivity index (χ0) is 27.2. The number of hydrogen-bond donors (Lipinski definition) is 0. The van der Waals surface area contributed by atoms with Crippen LogP contribution in [0, 0.1) is 0 Å². The summed E-state index contributed by atoms with van der Waals surface area (Å²) in [5.41, 5.74) is 2.36. The van der Waals surface area contributed by atoms with Gasteiger partial charge in [-0.05, 0) is 43.3 Å². The van der Waals surface area contributed by atoms with E-state index >= 15 is 0 Å². The summed E-state index contributed by atoms with van der Waals surface area (Å²) in [6.45, 7) is 6.08. The molecule has 2 fully saturated rings. The summed E-state index contributed by atoms with van der Waals surface area (Å²) in [5, 5.41) is 0. The van der Waals surface area contributed by atoms with Crippen LogP contribution >= 0.6 is 24.0 Å². The van der Waals surface area contributed by atoms with Crippen LogP contribution in [-0.4, -0.2) is 77.3 Å². The Hall–Kier alpha value is -3.24. The van der Waals surface area contributed by atoms with Crippen molar-refractivity contribution >= 4 is 46.3 Å². The van der Waals surface area contributed by atoms with Gasteiger partial charge in [0, 0.05) is 44.4 Å². The third-order valence-corrected chi connectivity index (χ3v) is 8.19. The van der Waals surface area contributed by atoms with Gasteiger partial charge in [0.25, 0.3) is 5.91 Å². The summed E-state index contributed by atoms with van der Waals surface area (Å²) >= 11 is 6.72. The molecule has 0 saturated carbocycles. The van der Waals surface area contributed by atoms with E-state index in [2.05, 4.69) is 16.8 Å². The van der Waals surface area contributed by atoms with Crippen molar-refractivity contribution in [3.63, 3.8) is 0 Å². The topological polar surface area (TPSA) is 66.2 Å². The second kappa shape index (κ2) is 12.7. The van der Waals surface area contributed by atoms with E-state index in [1.807, 2.05) is 54.6 Å². The average molecular weight is 562 g/mol. The van der Waals surface area contributed by atoms with Gasteiger partial charge in [0.2, 0.25) is 0 Å². The molecule has 2 aliphatic rings. The van der Waals surface area contributed by atoms with Crippen LogP contribution in [0.1, 0.15) is 28.1 Å². The maximum Gasteiger partial charge on any atom is 0.338 e. The second-order valence-electron chi connectivity index (χ2n) is 9.67. The largest absolute Gasteiger partial charge is 0.462 e. The standard InChI is InChI=1S/C30H31N3O4S2/c1-31-15-17-32(18-16-31)14-5-19-36-29(35)24-10-8-23(9-11-24)26-13-12-25(37-26)20-27-28(34)33(30(38)39-27)21-22-6-3-2-4-7-22/h2-4,6-13,20H,5,14-19,21H2,1H3/b27-20+. The van der Waals surface area contributed by atoms with Crippen molar-refractivity contribution < 1.29 is 18.7 Å². The Morgan fingerprint density at radius 3 is 2.51 bits per heavy atom. The Morgan fingerprint density at radius 1 is 1.03 bits per heavy atom. The fourth-order valence-corrected chi connectivity index (χ4v) is 5.73. The number of benzene rings is 2. The molecule has 0 aliphatic carbocycles. The first kappa shape index (κ1) is 27.3. The van der Waals surface area contributed by atoms with Gasteiger partial charge in [0.15, 0.2) is 0 Å². The Balaban J connectivity index is 1.14. The third kappa shape index (κ3) is 7.05. The van der Waals surface area contributed by atoms with Crippen molar-refractivity contribution in [2.75, 3.05) is 46.4 Å². The smallest absolute Gasteiger partial charge is 0.338 e. The molecule has 2 aromatic carbocycles. The summed E-state index contributed by atoms with van der Waals surface area (Å²) < 4.78 is 12.0. The molecule has 3 heterocycles. The number of likely N-dealkylation sites (N-methyl/N-ethyl adjacent to an activating group) is 1. The van der Waals surface area contributed by atoms with E-state index in [1.165, 1.54) is 11.8 Å². The summed E-state index contributed by atoms with van der Waals surface area (Å²) in [4.78, 5) is 32.3. The number of nitrogens with zero attached hydrogens (tertiary/aromatic N) is 3. The SMILES string of the molecule is CN1CCN(CCCOC(=O)c2ccc(-c3ccc(/C=C4/SC(=S)N(Cc5ccccc5)C4=O)o3)cc2)CC1. The normalized spacial score (nSPS) is 17.8. The Bertz CT molecular complexity index is 1350. The number of thioether (sulfide) groups is 1. The molecule has 2 aliphatic heterocycles. The summed E-state index contributed by atoms with van der Waals surface area (Å²) in [6.07, 6.45) is 2.55. The van der Waals surface area contributed by atoms with Gasteiger partial charge in [0.05, 0.1) is 23.6 Å². The molecule has 7 nitrogen and oxygen atoms in total. The van der Waals surface area contributed by atoms with Crippen LogP contribution in [0.4, 0.5) is 0 Å². The molecular formula is C30H31N3O4S2. The first-order chi connectivity index (χ1) is 19.0. The molecule has 0 unspecified atom stereocenters. The predicted octanol–water partition coefficient (Wildman–Crippen LogP) is 5.14. The minimum atomic E-state index is -0.322. The highest BCUT2D eigenvalue weighted by Gasteiger charge is 2.32. The predicted molar refractivity (Wildman–Crippen MR) is 158 cm³/mol. The minimum absolute atomic E-state index is 0.127. The summed E-state index contributed by atoms with van der Waals surface area (Å²) in [5.74, 6) is 0.762. The fraction of sp³-hybridized carbons (Fsp3) is 0.300. The molecule has 0 radical (unpaired) electrons. The van der Waals surface area contributed by atoms with Crippen LogP contribution in [0.15, 0.2) is 76.1 Å². The zero-order valence-electron chi connectivity index (χ0n) is 21.9. The Kier molecular flexibility index (Phi) is 8.93. The molecule has 9 heteroatoms. The molecule has 202 valence electrons. The van der Waals surface area contributed by atoms with Crippen LogP contribution < -0.4 is 0 Å². The van der Waals surface area contributed by atoms with Crippen molar-refractivity contribution in [1.82, 2.24) is 14.7 Å². The number of esters is 1. The van der Waals surface area contributed by atoms with Gasteiger partial charge < -0.3 is 19.0 Å². The molecule has 2 saturated heterocycles. The first-order valence-electron chi connectivity index (χ1n) is 13.0. The number of carbonyl (C=O) groups excluding carboxylic acids is 2. The van der Waals surface area contributed by atoms with E-state index < -0.39 is 0 Å². The van der Waals surface area contributed by atoms with E-state index in [0.29, 0.717) is 39.5 Å². The number of ether oxygens (including phenoxy) is 1. The molecule has 0 spiro atoms. The van der Waals surface area contributed by atoms with Crippen molar-refractivity contribution in [2.24, 2.45) is 0 Å². The quantitative estimate of drug-likeness (QED) is 0.154. The summed E-state index contributed by atoms with van der Waals surface area (Å²) in [6, 6.07) is 20.6. The third-order valence-electron chi connectivity index (χ3n) is 6.81. The van der Waals surface area contributed by atoms with Crippen LogP contribution in [0.2, 0.25) is 0 Å². The first-order valence-corrected chi connectivity index (χ1v) is 14.3. The molecule has 0 bridgehead atoms. The van der Waals surface area contributed by atoms with Gasteiger partial charge in [-0.25, -0.2) is 4.79 Å². The lowest BCUT2D eigenvalue weighted by atomic mass is 10.1. The highest BCUT2D eigenvalue weighted by atomic mass is 32.2. The van der Waals surface area contributed by atoms with E-state index in [-0.39, 0.29) is 11.9 Å². The maximum atomic E-state index is 12.9. The Morgan fingerprint density at radius 2 is 1.77 bits per heavy atom. The lowest BCUT2D eigenvalue weighted by Gasteiger charge is -2.32. The van der Waals surface area contributed by atoms with Crippen molar-refractivity contribution in [3.05, 3.63) is 88.5 Å². The van der Waals surface area contributed by atoms with E-state index in [0.717, 1.165) is 50.3 Å². The highest BCUT2D eigenvalue weighted by Crippen LogP contribution is 2.34. The molecule has 3 aromatic rings. The fourth-order valence-electron chi connectivity index (χ4n) is 4.50. The molecular weight excluding hydrogens is 530 g/mol. The van der Waals surface area contributed by atoms with Gasteiger partial charge in [-0.2, -0.15) is 0 Å². The van der Waals surface area contributed by atoms with Gasteiger partial charge in [-0.15, -0.1) is 0 Å². The number of amides is 1. The molecule has 1 amide bonds. The number of hydrogen-bond acceptors (Lipinski definition) is 8. The highest BCUT2D eigenvalue weighted by molar-refractivity contribution is 8.26. The lowest BCUT2D eigenvalue weighted by molar-refractivity contribution is -0.122. The van der Waals surface area contributed by atoms with Gasteiger partial charge in [-0.1, -0.05) is 66.4 Å². The van der Waals surface area contributed by atoms with Crippen molar-refractivity contribution in [3.8, 4) is 11.3 Å². The Labute approximate surface area is 238 Å². The van der Waals surface area contributed by atoms with Crippen LogP contribution in [0.25, 0.3) is 17.4 Å². The number of furan rings is 1. The minimum Gasteiger partial charge on any atom is -0.462 e. The van der Waals surface area contributed by atoms with Crippen molar-refractivity contribution in [1.29, 1.82) is 0 Å². The molecule has 5 rings (SSSR count). The monoisotopic (exact) mass is 561 g/mol. The number of carbonyl (C=O) groups is 2.